The minimum absolute atomic E-state index is 0.803. The smallest absolute Gasteiger partial charge is 0.0701 e. The molecule has 2 aromatic rings. The highest BCUT2D eigenvalue weighted by molar-refractivity contribution is 9.11. The van der Waals surface area contributed by atoms with Crippen LogP contribution >= 0.6 is 38.9 Å². The summed E-state index contributed by atoms with van der Waals surface area (Å²) >= 11 is 11.6. The van der Waals surface area contributed by atoms with Gasteiger partial charge in [-0.1, -0.05) is 30.7 Å². The molecule has 0 spiro atoms. The van der Waals surface area contributed by atoms with Gasteiger partial charge in [-0.3, -0.25) is 0 Å². The lowest BCUT2D eigenvalue weighted by Gasteiger charge is -2.23. The predicted molar refractivity (Wildman–Crippen MR) is 93.0 cm³/mol. The van der Waals surface area contributed by atoms with E-state index >= 15 is 0 Å². The summed E-state index contributed by atoms with van der Waals surface area (Å²) in [5.41, 5.74) is 3.63. The van der Waals surface area contributed by atoms with Gasteiger partial charge in [0.2, 0.25) is 0 Å². The molecular weight excluding hydrogens is 356 g/mol. The molecule has 0 amide bonds. The second-order valence-electron chi connectivity index (χ2n) is 4.64. The van der Waals surface area contributed by atoms with Gasteiger partial charge in [0.15, 0.2) is 0 Å². The van der Waals surface area contributed by atoms with Crippen LogP contribution < -0.4 is 10.2 Å². The fourth-order valence-corrected chi connectivity index (χ4v) is 3.71. The van der Waals surface area contributed by atoms with Crippen molar-refractivity contribution in [3.8, 4) is 0 Å². The van der Waals surface area contributed by atoms with Crippen LogP contribution in [0.3, 0.4) is 0 Å². The molecule has 108 valence electrons. The van der Waals surface area contributed by atoms with E-state index < -0.39 is 0 Å². The lowest BCUT2D eigenvalue weighted by atomic mass is 10.1. The number of nitrogens with one attached hydrogen (secondary N) is 1. The summed E-state index contributed by atoms with van der Waals surface area (Å²) in [6, 6.07) is 8.24. The zero-order valence-corrected chi connectivity index (χ0v) is 14.8. The quantitative estimate of drug-likeness (QED) is 0.774. The average Bonchev–Trinajstić information content (AvgIpc) is 2.81. The first kappa shape index (κ1) is 15.8. The van der Waals surface area contributed by atoms with E-state index in [-0.39, 0.29) is 0 Å². The van der Waals surface area contributed by atoms with Crippen LogP contribution in [0.2, 0.25) is 5.02 Å². The number of halogens is 2. The minimum atomic E-state index is 0.803. The van der Waals surface area contributed by atoms with Gasteiger partial charge in [-0.15, -0.1) is 11.3 Å². The van der Waals surface area contributed by atoms with Gasteiger partial charge < -0.3 is 10.2 Å². The van der Waals surface area contributed by atoms with Gasteiger partial charge in [0.1, 0.15) is 0 Å². The minimum Gasteiger partial charge on any atom is -0.369 e. The second-order valence-corrected chi connectivity index (χ2v) is 7.34. The topological polar surface area (TPSA) is 15.3 Å². The Kier molecular flexibility index (Phi) is 5.90. The Labute approximate surface area is 137 Å². The summed E-state index contributed by atoms with van der Waals surface area (Å²) < 4.78 is 1.16. The van der Waals surface area contributed by atoms with Crippen molar-refractivity contribution in [3.63, 3.8) is 0 Å². The van der Waals surface area contributed by atoms with Crippen LogP contribution in [0.5, 0.6) is 0 Å². The number of nitrogens with zero attached hydrogens (tertiary/aromatic N) is 1. The third-order valence-electron chi connectivity index (χ3n) is 3.06. The van der Waals surface area contributed by atoms with E-state index in [9.17, 15) is 0 Å². The Balaban J connectivity index is 2.21. The summed E-state index contributed by atoms with van der Waals surface area (Å²) in [6.45, 7) is 4.75. The molecule has 20 heavy (non-hydrogen) atoms. The van der Waals surface area contributed by atoms with E-state index in [1.54, 1.807) is 11.3 Å². The highest BCUT2D eigenvalue weighted by Crippen LogP contribution is 2.31. The van der Waals surface area contributed by atoms with E-state index in [0.717, 1.165) is 34.1 Å². The Morgan fingerprint density at radius 3 is 2.85 bits per heavy atom. The van der Waals surface area contributed by atoms with Gasteiger partial charge in [-0.2, -0.15) is 0 Å². The summed E-state index contributed by atoms with van der Waals surface area (Å²) in [4.78, 5) is 2.21. The molecule has 1 aromatic heterocycles. The lowest BCUT2D eigenvalue weighted by molar-refractivity contribution is 0.723. The van der Waals surface area contributed by atoms with Crippen LogP contribution in [0.1, 0.15) is 18.1 Å². The third-order valence-corrected chi connectivity index (χ3v) is 4.92. The van der Waals surface area contributed by atoms with Crippen LogP contribution in [-0.2, 0) is 13.1 Å². The third kappa shape index (κ3) is 3.98. The molecule has 0 fully saturated rings. The van der Waals surface area contributed by atoms with Crippen LogP contribution in [0.15, 0.2) is 33.4 Å². The van der Waals surface area contributed by atoms with Crippen LogP contribution in [0.4, 0.5) is 5.69 Å². The van der Waals surface area contributed by atoms with Crippen molar-refractivity contribution in [2.75, 3.05) is 18.5 Å². The summed E-state index contributed by atoms with van der Waals surface area (Å²) in [5, 5.41) is 6.34. The molecule has 1 aromatic carbocycles. The Morgan fingerprint density at radius 1 is 1.40 bits per heavy atom. The van der Waals surface area contributed by atoms with Crippen molar-refractivity contribution < 1.29 is 0 Å². The average molecular weight is 374 g/mol. The summed E-state index contributed by atoms with van der Waals surface area (Å²) in [6.07, 6.45) is 0. The van der Waals surface area contributed by atoms with E-state index in [1.807, 2.05) is 12.1 Å². The monoisotopic (exact) mass is 372 g/mol. The van der Waals surface area contributed by atoms with E-state index in [1.165, 1.54) is 11.1 Å². The molecular formula is C15H18BrClN2S. The highest BCUT2D eigenvalue weighted by Gasteiger charge is 2.12. The van der Waals surface area contributed by atoms with Crippen molar-refractivity contribution >= 4 is 44.6 Å². The number of thiophene rings is 1. The van der Waals surface area contributed by atoms with Crippen molar-refractivity contribution in [2.24, 2.45) is 0 Å². The molecule has 1 N–H and O–H groups in total. The molecule has 5 heteroatoms. The molecule has 0 atom stereocenters. The van der Waals surface area contributed by atoms with Crippen molar-refractivity contribution in [2.45, 2.75) is 20.0 Å². The predicted octanol–water partition coefficient (Wildman–Crippen LogP) is 4.91. The number of hydrogen-bond acceptors (Lipinski definition) is 3. The summed E-state index contributed by atoms with van der Waals surface area (Å²) in [5.74, 6) is 0. The largest absolute Gasteiger partial charge is 0.369 e. The number of anilines is 1. The fraction of sp³-hybridized carbons (Fsp3) is 0.333. The van der Waals surface area contributed by atoms with Crippen molar-refractivity contribution in [1.82, 2.24) is 5.32 Å². The first-order valence-electron chi connectivity index (χ1n) is 6.54. The van der Waals surface area contributed by atoms with Gasteiger partial charge in [0.25, 0.3) is 0 Å². The van der Waals surface area contributed by atoms with Crippen molar-refractivity contribution in [1.29, 1.82) is 0 Å². The van der Waals surface area contributed by atoms with Gasteiger partial charge in [0, 0.05) is 20.1 Å². The van der Waals surface area contributed by atoms with Crippen LogP contribution in [0.25, 0.3) is 0 Å². The second kappa shape index (κ2) is 7.46. The highest BCUT2D eigenvalue weighted by atomic mass is 79.9. The first-order valence-corrected chi connectivity index (χ1v) is 8.59. The summed E-state index contributed by atoms with van der Waals surface area (Å²) in [7, 11) is 2.09. The molecule has 0 aliphatic rings. The lowest BCUT2D eigenvalue weighted by Crippen LogP contribution is -2.20. The van der Waals surface area contributed by atoms with E-state index in [0.29, 0.717) is 0 Å². The molecule has 0 saturated heterocycles. The Morgan fingerprint density at radius 2 is 2.20 bits per heavy atom. The Bertz CT molecular complexity index is 571. The molecule has 0 bridgehead atoms. The maximum atomic E-state index is 6.40. The zero-order valence-electron chi connectivity index (χ0n) is 11.6. The molecule has 2 rings (SSSR count). The van der Waals surface area contributed by atoms with Gasteiger partial charge in [0.05, 0.1) is 14.5 Å². The van der Waals surface area contributed by atoms with E-state index in [4.69, 9.17) is 11.6 Å². The van der Waals surface area contributed by atoms with Crippen molar-refractivity contribution in [3.05, 3.63) is 49.6 Å². The molecule has 0 aliphatic carbocycles. The van der Waals surface area contributed by atoms with E-state index in [2.05, 4.69) is 57.6 Å². The molecule has 0 saturated carbocycles. The number of hydrogen-bond donors (Lipinski definition) is 1. The number of para-hydroxylation sites is 1. The van der Waals surface area contributed by atoms with Gasteiger partial charge in [-0.25, -0.2) is 0 Å². The molecule has 0 aliphatic heterocycles. The molecule has 0 unspecified atom stereocenters. The van der Waals surface area contributed by atoms with Crippen LogP contribution in [0, 0.1) is 0 Å². The Hall–Kier alpha value is -0.550. The van der Waals surface area contributed by atoms with Gasteiger partial charge >= 0.3 is 0 Å². The number of benzene rings is 1. The molecule has 1 heterocycles. The maximum Gasteiger partial charge on any atom is 0.0701 e. The zero-order chi connectivity index (χ0) is 14.5. The van der Waals surface area contributed by atoms with Gasteiger partial charge in [-0.05, 0) is 51.1 Å². The normalized spacial score (nSPS) is 10.8. The molecule has 2 nitrogen and oxygen atoms in total. The molecule has 0 radical (unpaired) electrons. The fourth-order valence-electron chi connectivity index (χ4n) is 2.17. The standard InChI is InChI=1S/C15H18BrClN2S/c1-3-18-8-12-5-4-6-13(17)15(12)19(2)9-11-7-14(16)20-10-11/h4-7,10,18H,3,8-9H2,1-2H3. The number of rotatable bonds is 6. The SMILES string of the molecule is CCNCc1cccc(Cl)c1N(C)Cc1csc(Br)c1. The maximum absolute atomic E-state index is 6.40. The first-order chi connectivity index (χ1) is 9.61. The van der Waals surface area contributed by atoms with Crippen LogP contribution in [-0.4, -0.2) is 13.6 Å².